The molecule has 0 aliphatic heterocycles. The van der Waals surface area contributed by atoms with Crippen LogP contribution in [0.4, 0.5) is 0 Å². The maximum Gasteiger partial charge on any atom is 0.219 e. The fourth-order valence-electron chi connectivity index (χ4n) is 1.20. The number of benzene rings is 1. The normalized spacial score (nSPS) is 10.5. The van der Waals surface area contributed by atoms with Crippen LogP contribution < -0.4 is 5.32 Å². The highest BCUT2D eigenvalue weighted by Crippen LogP contribution is 2.01. The summed E-state index contributed by atoms with van der Waals surface area (Å²) < 4.78 is 0. The number of carbonyl (C=O) groups excluding carboxylic acids is 1. The zero-order valence-electron chi connectivity index (χ0n) is 9.07. The Morgan fingerprint density at radius 3 is 2.73 bits per heavy atom. The molecule has 1 rings (SSSR count). The van der Waals surface area contributed by atoms with Gasteiger partial charge in [0.25, 0.3) is 0 Å². The lowest BCUT2D eigenvalue weighted by atomic mass is 10.2. The molecule has 80 valence electrons. The lowest BCUT2D eigenvalue weighted by Crippen LogP contribution is -2.22. The maximum atomic E-state index is 10.9. The van der Waals surface area contributed by atoms with E-state index in [4.69, 9.17) is 0 Å². The van der Waals surface area contributed by atoms with Crippen molar-refractivity contribution in [2.24, 2.45) is 0 Å². The standard InChI is InChI=1S/C13H17NO/c1-2-13(15)14-11-7-6-10-12-8-4-3-5-9-12/h3-6,8-10H,2,7,11H2,1H3,(H,14,15)/b10-6+. The summed E-state index contributed by atoms with van der Waals surface area (Å²) in [4.78, 5) is 10.9. The molecule has 0 aliphatic carbocycles. The molecule has 0 heterocycles. The Hall–Kier alpha value is -1.57. The van der Waals surface area contributed by atoms with Crippen LogP contribution in [-0.4, -0.2) is 12.5 Å². The minimum atomic E-state index is 0.114. The topological polar surface area (TPSA) is 29.1 Å². The Kier molecular flexibility index (Phi) is 5.23. The van der Waals surface area contributed by atoms with E-state index in [1.807, 2.05) is 25.1 Å². The zero-order valence-corrected chi connectivity index (χ0v) is 9.07. The average molecular weight is 203 g/mol. The highest BCUT2D eigenvalue weighted by atomic mass is 16.1. The molecule has 0 unspecified atom stereocenters. The van der Waals surface area contributed by atoms with Gasteiger partial charge in [-0.15, -0.1) is 0 Å². The molecule has 0 saturated heterocycles. The van der Waals surface area contributed by atoms with Crippen molar-refractivity contribution in [3.05, 3.63) is 42.0 Å². The Bertz CT molecular complexity index is 317. The van der Waals surface area contributed by atoms with E-state index in [1.165, 1.54) is 5.56 Å². The molecule has 1 amide bonds. The van der Waals surface area contributed by atoms with E-state index in [0.717, 1.165) is 13.0 Å². The van der Waals surface area contributed by atoms with Gasteiger partial charge >= 0.3 is 0 Å². The predicted octanol–water partition coefficient (Wildman–Crippen LogP) is 2.62. The zero-order chi connectivity index (χ0) is 10.9. The first-order valence-electron chi connectivity index (χ1n) is 5.31. The molecule has 0 saturated carbocycles. The molecule has 0 bridgehead atoms. The quantitative estimate of drug-likeness (QED) is 0.732. The number of hydrogen-bond donors (Lipinski definition) is 1. The van der Waals surface area contributed by atoms with E-state index in [1.54, 1.807) is 0 Å². The van der Waals surface area contributed by atoms with Gasteiger partial charge in [0.15, 0.2) is 0 Å². The molecule has 0 radical (unpaired) electrons. The average Bonchev–Trinajstić information content (AvgIpc) is 2.29. The van der Waals surface area contributed by atoms with Crippen molar-refractivity contribution in [3.8, 4) is 0 Å². The van der Waals surface area contributed by atoms with Gasteiger partial charge in [-0.25, -0.2) is 0 Å². The second-order valence-corrected chi connectivity index (χ2v) is 3.31. The molecule has 0 aliphatic rings. The van der Waals surface area contributed by atoms with Gasteiger partial charge in [0.1, 0.15) is 0 Å². The summed E-state index contributed by atoms with van der Waals surface area (Å²) in [6, 6.07) is 10.1. The van der Waals surface area contributed by atoms with Gasteiger partial charge in [0, 0.05) is 13.0 Å². The van der Waals surface area contributed by atoms with Crippen LogP contribution in [0.5, 0.6) is 0 Å². The van der Waals surface area contributed by atoms with Crippen LogP contribution >= 0.6 is 0 Å². The number of carbonyl (C=O) groups is 1. The van der Waals surface area contributed by atoms with Crippen LogP contribution in [-0.2, 0) is 4.79 Å². The molecule has 0 aromatic heterocycles. The Balaban J connectivity index is 2.20. The van der Waals surface area contributed by atoms with E-state index >= 15 is 0 Å². The fraction of sp³-hybridized carbons (Fsp3) is 0.308. The van der Waals surface area contributed by atoms with E-state index in [-0.39, 0.29) is 5.91 Å². The minimum Gasteiger partial charge on any atom is -0.356 e. The van der Waals surface area contributed by atoms with Gasteiger partial charge in [0.2, 0.25) is 5.91 Å². The molecule has 1 aromatic carbocycles. The largest absolute Gasteiger partial charge is 0.356 e. The fourth-order valence-corrected chi connectivity index (χ4v) is 1.20. The van der Waals surface area contributed by atoms with E-state index in [0.29, 0.717) is 6.42 Å². The number of rotatable bonds is 5. The molecule has 15 heavy (non-hydrogen) atoms. The van der Waals surface area contributed by atoms with Crippen LogP contribution in [0.2, 0.25) is 0 Å². The maximum absolute atomic E-state index is 10.9. The van der Waals surface area contributed by atoms with E-state index in [2.05, 4.69) is 29.6 Å². The molecular weight excluding hydrogens is 186 g/mol. The second-order valence-electron chi connectivity index (χ2n) is 3.31. The van der Waals surface area contributed by atoms with Crippen molar-refractivity contribution >= 4 is 12.0 Å². The smallest absolute Gasteiger partial charge is 0.219 e. The highest BCUT2D eigenvalue weighted by molar-refractivity contribution is 5.75. The second kappa shape index (κ2) is 6.82. The van der Waals surface area contributed by atoms with Crippen molar-refractivity contribution in [1.82, 2.24) is 5.32 Å². The Morgan fingerprint density at radius 1 is 1.33 bits per heavy atom. The van der Waals surface area contributed by atoms with Gasteiger partial charge in [-0.05, 0) is 12.0 Å². The Morgan fingerprint density at radius 2 is 2.07 bits per heavy atom. The monoisotopic (exact) mass is 203 g/mol. The summed E-state index contributed by atoms with van der Waals surface area (Å²) in [5.74, 6) is 0.114. The summed E-state index contributed by atoms with van der Waals surface area (Å²) in [7, 11) is 0. The molecule has 0 fully saturated rings. The number of amides is 1. The molecule has 2 nitrogen and oxygen atoms in total. The van der Waals surface area contributed by atoms with Crippen molar-refractivity contribution in [1.29, 1.82) is 0 Å². The van der Waals surface area contributed by atoms with E-state index in [9.17, 15) is 4.79 Å². The van der Waals surface area contributed by atoms with Crippen LogP contribution in [0.1, 0.15) is 25.3 Å². The van der Waals surface area contributed by atoms with E-state index < -0.39 is 0 Å². The number of hydrogen-bond acceptors (Lipinski definition) is 1. The van der Waals surface area contributed by atoms with Gasteiger partial charge in [0.05, 0.1) is 0 Å². The summed E-state index contributed by atoms with van der Waals surface area (Å²) >= 11 is 0. The van der Waals surface area contributed by atoms with Gasteiger partial charge < -0.3 is 5.32 Å². The third-order valence-electron chi connectivity index (χ3n) is 2.06. The molecule has 2 heteroatoms. The molecular formula is C13H17NO. The van der Waals surface area contributed by atoms with Crippen molar-refractivity contribution in [2.45, 2.75) is 19.8 Å². The summed E-state index contributed by atoms with van der Waals surface area (Å²) in [6.45, 7) is 2.57. The van der Waals surface area contributed by atoms with Crippen LogP contribution in [0.25, 0.3) is 6.08 Å². The minimum absolute atomic E-state index is 0.114. The first-order chi connectivity index (χ1) is 7.33. The molecule has 0 atom stereocenters. The first-order valence-corrected chi connectivity index (χ1v) is 5.31. The molecule has 0 spiro atoms. The van der Waals surface area contributed by atoms with Gasteiger partial charge in [-0.3, -0.25) is 4.79 Å². The van der Waals surface area contributed by atoms with Gasteiger partial charge in [-0.1, -0.05) is 49.4 Å². The summed E-state index contributed by atoms with van der Waals surface area (Å²) in [6.07, 6.45) is 5.58. The third kappa shape index (κ3) is 5.01. The number of nitrogens with one attached hydrogen (secondary N) is 1. The summed E-state index contributed by atoms with van der Waals surface area (Å²) in [5.41, 5.74) is 1.19. The lowest BCUT2D eigenvalue weighted by molar-refractivity contribution is -0.120. The van der Waals surface area contributed by atoms with Crippen molar-refractivity contribution in [3.63, 3.8) is 0 Å². The van der Waals surface area contributed by atoms with Crippen molar-refractivity contribution in [2.75, 3.05) is 6.54 Å². The molecule has 1 aromatic rings. The van der Waals surface area contributed by atoms with Crippen LogP contribution in [0, 0.1) is 0 Å². The van der Waals surface area contributed by atoms with Gasteiger partial charge in [-0.2, -0.15) is 0 Å². The Labute approximate surface area is 91.0 Å². The van der Waals surface area contributed by atoms with Crippen LogP contribution in [0.3, 0.4) is 0 Å². The predicted molar refractivity (Wildman–Crippen MR) is 63.4 cm³/mol. The first kappa shape index (κ1) is 11.5. The van der Waals surface area contributed by atoms with Crippen molar-refractivity contribution < 1.29 is 4.79 Å². The highest BCUT2D eigenvalue weighted by Gasteiger charge is 1.92. The third-order valence-corrected chi connectivity index (χ3v) is 2.06. The molecule has 1 N–H and O–H groups in total. The van der Waals surface area contributed by atoms with Crippen LogP contribution in [0.15, 0.2) is 36.4 Å². The summed E-state index contributed by atoms with van der Waals surface area (Å²) in [5, 5.41) is 2.83. The SMILES string of the molecule is CCC(=O)NCC/C=C/c1ccccc1. The lowest BCUT2D eigenvalue weighted by Gasteiger charge is -1.99.